The molecule has 10 heteroatoms. The topological polar surface area (TPSA) is 92.8 Å². The molecule has 1 atom stereocenters. The zero-order valence-electron chi connectivity index (χ0n) is 16.0. The van der Waals surface area contributed by atoms with Crippen molar-refractivity contribution in [3.05, 3.63) is 58.9 Å². The highest BCUT2D eigenvalue weighted by atomic mass is 35.5. The minimum atomic E-state index is -3.93. The van der Waals surface area contributed by atoms with Gasteiger partial charge in [0.15, 0.2) is 0 Å². The zero-order chi connectivity index (χ0) is 21.8. The van der Waals surface area contributed by atoms with E-state index in [-0.39, 0.29) is 28.4 Å². The van der Waals surface area contributed by atoms with Crippen molar-refractivity contribution >= 4 is 44.9 Å². The molecular formula is C19H20ClFN2O5S. The van der Waals surface area contributed by atoms with Crippen molar-refractivity contribution in [3.63, 3.8) is 0 Å². The first-order valence-electron chi connectivity index (χ1n) is 8.52. The van der Waals surface area contributed by atoms with Crippen LogP contribution in [-0.2, 0) is 19.6 Å². The van der Waals surface area contributed by atoms with E-state index in [0.717, 1.165) is 22.7 Å². The molecule has 2 aromatic carbocycles. The fraction of sp³-hybridized carbons (Fsp3) is 0.263. The molecular weight excluding hydrogens is 423 g/mol. The van der Waals surface area contributed by atoms with Crippen LogP contribution in [-0.4, -0.2) is 39.7 Å². The molecule has 0 spiro atoms. The van der Waals surface area contributed by atoms with Gasteiger partial charge in [-0.25, -0.2) is 17.6 Å². The first kappa shape index (κ1) is 22.6. The lowest BCUT2D eigenvalue weighted by Crippen LogP contribution is -2.47. The number of ether oxygens (including phenoxy) is 1. The zero-order valence-corrected chi connectivity index (χ0v) is 17.6. The van der Waals surface area contributed by atoms with E-state index in [1.54, 1.807) is 19.1 Å². The Kier molecular flexibility index (Phi) is 7.21. The van der Waals surface area contributed by atoms with E-state index in [4.69, 9.17) is 16.3 Å². The van der Waals surface area contributed by atoms with Gasteiger partial charge in [-0.2, -0.15) is 0 Å². The third kappa shape index (κ3) is 5.24. The van der Waals surface area contributed by atoms with Crippen LogP contribution in [0, 0.1) is 5.82 Å². The number of hydrogen-bond donors (Lipinski definition) is 1. The summed E-state index contributed by atoms with van der Waals surface area (Å²) in [5, 5.41) is 2.30. The van der Waals surface area contributed by atoms with Crippen LogP contribution in [0.15, 0.2) is 42.5 Å². The number of hydrogen-bond acceptors (Lipinski definition) is 5. The van der Waals surface area contributed by atoms with Crippen LogP contribution in [0.4, 0.5) is 15.8 Å². The molecule has 29 heavy (non-hydrogen) atoms. The van der Waals surface area contributed by atoms with Gasteiger partial charge in [0, 0.05) is 0 Å². The minimum absolute atomic E-state index is 0.0437. The van der Waals surface area contributed by atoms with Gasteiger partial charge in [-0.15, -0.1) is 0 Å². The van der Waals surface area contributed by atoms with E-state index in [0.29, 0.717) is 0 Å². The Bertz CT molecular complexity index is 1030. The minimum Gasteiger partial charge on any atom is -0.465 e. The quantitative estimate of drug-likeness (QED) is 0.663. The molecule has 156 valence electrons. The summed E-state index contributed by atoms with van der Waals surface area (Å²) in [6, 6.07) is 8.38. The standard InChI is InChI=1S/C19H20ClFN2O5S/c1-4-17(18(24)22-16-8-6-5-7-13(16)19(25)28-2)23(29(3,26)27)12-9-10-15(21)14(20)11-12/h5-11,17H,4H2,1-3H3,(H,22,24)/t17-/m0/s1. The Hall–Kier alpha value is -2.65. The van der Waals surface area contributed by atoms with Crippen molar-refractivity contribution in [3.8, 4) is 0 Å². The SMILES string of the molecule is CC[C@@H](C(=O)Nc1ccccc1C(=O)OC)N(c1ccc(F)c(Cl)c1)S(C)(=O)=O. The van der Waals surface area contributed by atoms with E-state index in [1.807, 2.05) is 0 Å². The molecule has 0 radical (unpaired) electrons. The number of anilines is 2. The average Bonchev–Trinajstić information content (AvgIpc) is 2.67. The molecule has 0 aliphatic heterocycles. The molecule has 0 bridgehead atoms. The van der Waals surface area contributed by atoms with Crippen molar-refractivity contribution in [1.29, 1.82) is 0 Å². The summed E-state index contributed by atoms with van der Waals surface area (Å²) in [6.45, 7) is 1.62. The van der Waals surface area contributed by atoms with Gasteiger partial charge in [0.25, 0.3) is 0 Å². The van der Waals surface area contributed by atoms with Gasteiger partial charge in [0.2, 0.25) is 15.9 Å². The Morgan fingerprint density at radius 3 is 2.45 bits per heavy atom. The fourth-order valence-electron chi connectivity index (χ4n) is 2.78. The Morgan fingerprint density at radius 1 is 1.24 bits per heavy atom. The van der Waals surface area contributed by atoms with E-state index < -0.39 is 33.8 Å². The van der Waals surface area contributed by atoms with Crippen molar-refractivity contribution in [1.82, 2.24) is 0 Å². The molecule has 0 aromatic heterocycles. The van der Waals surface area contributed by atoms with Gasteiger partial charge in [0.05, 0.1) is 35.3 Å². The van der Waals surface area contributed by atoms with Gasteiger partial charge in [-0.3, -0.25) is 9.10 Å². The third-order valence-corrected chi connectivity index (χ3v) is 5.55. The highest BCUT2D eigenvalue weighted by Gasteiger charge is 2.32. The summed E-state index contributed by atoms with van der Waals surface area (Å²) in [4.78, 5) is 24.9. The molecule has 0 fully saturated rings. The van der Waals surface area contributed by atoms with Crippen LogP contribution >= 0.6 is 11.6 Å². The monoisotopic (exact) mass is 442 g/mol. The van der Waals surface area contributed by atoms with E-state index in [9.17, 15) is 22.4 Å². The fourth-order valence-corrected chi connectivity index (χ4v) is 4.16. The van der Waals surface area contributed by atoms with Crippen molar-refractivity contribution < 1.29 is 27.1 Å². The van der Waals surface area contributed by atoms with Crippen LogP contribution in [0.3, 0.4) is 0 Å². The van der Waals surface area contributed by atoms with Gasteiger partial charge < -0.3 is 10.1 Å². The summed E-state index contributed by atoms with van der Waals surface area (Å²) in [5.41, 5.74) is 0.337. The second-order valence-electron chi connectivity index (χ2n) is 6.11. The average molecular weight is 443 g/mol. The third-order valence-electron chi connectivity index (χ3n) is 4.08. The number of benzene rings is 2. The number of amides is 1. The molecule has 0 saturated heterocycles. The summed E-state index contributed by atoms with van der Waals surface area (Å²) in [7, 11) is -2.72. The number of esters is 1. The molecule has 0 unspecified atom stereocenters. The lowest BCUT2D eigenvalue weighted by atomic mass is 10.1. The number of halogens is 2. The highest BCUT2D eigenvalue weighted by Crippen LogP contribution is 2.28. The van der Waals surface area contributed by atoms with Gasteiger partial charge in [0.1, 0.15) is 11.9 Å². The predicted octanol–water partition coefficient (Wildman–Crippen LogP) is 3.45. The molecule has 0 aliphatic carbocycles. The maximum absolute atomic E-state index is 13.5. The number of nitrogens with one attached hydrogen (secondary N) is 1. The lowest BCUT2D eigenvalue weighted by molar-refractivity contribution is -0.117. The van der Waals surface area contributed by atoms with Crippen LogP contribution in [0.2, 0.25) is 5.02 Å². The van der Waals surface area contributed by atoms with E-state index in [2.05, 4.69) is 5.32 Å². The molecule has 1 N–H and O–H groups in total. The number of carbonyl (C=O) groups is 2. The summed E-state index contributed by atoms with van der Waals surface area (Å²) in [5.74, 6) is -2.04. The molecule has 7 nitrogen and oxygen atoms in total. The number of sulfonamides is 1. The summed E-state index contributed by atoms with van der Waals surface area (Å²) < 4.78 is 44.0. The first-order valence-corrected chi connectivity index (χ1v) is 10.8. The molecule has 0 aliphatic rings. The maximum Gasteiger partial charge on any atom is 0.339 e. The molecule has 0 heterocycles. The second-order valence-corrected chi connectivity index (χ2v) is 8.37. The smallest absolute Gasteiger partial charge is 0.339 e. The van der Waals surface area contributed by atoms with Crippen molar-refractivity contribution in [2.45, 2.75) is 19.4 Å². The number of nitrogens with zero attached hydrogens (tertiary/aromatic N) is 1. The Balaban J connectivity index is 2.45. The number of rotatable bonds is 7. The van der Waals surface area contributed by atoms with Crippen LogP contribution < -0.4 is 9.62 Å². The van der Waals surface area contributed by atoms with Gasteiger partial charge in [-0.1, -0.05) is 30.7 Å². The van der Waals surface area contributed by atoms with Gasteiger partial charge in [-0.05, 0) is 36.8 Å². The van der Waals surface area contributed by atoms with Crippen LogP contribution in [0.25, 0.3) is 0 Å². The number of para-hydroxylation sites is 1. The molecule has 0 saturated carbocycles. The second kappa shape index (κ2) is 9.23. The predicted molar refractivity (Wildman–Crippen MR) is 109 cm³/mol. The molecule has 2 aromatic rings. The Morgan fingerprint density at radius 2 is 1.90 bits per heavy atom. The Labute approximate surface area is 173 Å². The van der Waals surface area contributed by atoms with E-state index in [1.165, 1.54) is 25.3 Å². The normalized spacial score (nSPS) is 12.2. The number of methoxy groups -OCH3 is 1. The van der Waals surface area contributed by atoms with Crippen molar-refractivity contribution in [2.24, 2.45) is 0 Å². The maximum atomic E-state index is 13.5. The van der Waals surface area contributed by atoms with Crippen LogP contribution in [0.1, 0.15) is 23.7 Å². The van der Waals surface area contributed by atoms with Gasteiger partial charge >= 0.3 is 5.97 Å². The van der Waals surface area contributed by atoms with Crippen LogP contribution in [0.5, 0.6) is 0 Å². The van der Waals surface area contributed by atoms with E-state index >= 15 is 0 Å². The van der Waals surface area contributed by atoms with Crippen molar-refractivity contribution in [2.75, 3.05) is 23.0 Å². The highest BCUT2D eigenvalue weighted by molar-refractivity contribution is 7.92. The molecule has 2 rings (SSSR count). The summed E-state index contributed by atoms with van der Waals surface area (Å²) >= 11 is 5.79. The number of carbonyl (C=O) groups excluding carboxylic acids is 2. The molecule has 1 amide bonds. The first-order chi connectivity index (χ1) is 13.6. The lowest BCUT2D eigenvalue weighted by Gasteiger charge is -2.30. The summed E-state index contributed by atoms with van der Waals surface area (Å²) in [6.07, 6.45) is 1.04. The largest absolute Gasteiger partial charge is 0.465 e.